The highest BCUT2D eigenvalue weighted by atomic mass is 16.5. The van der Waals surface area contributed by atoms with Crippen LogP contribution in [0.25, 0.3) is 0 Å². The van der Waals surface area contributed by atoms with Crippen molar-refractivity contribution in [1.82, 2.24) is 0 Å². The normalized spacial score (nSPS) is 13.2. The van der Waals surface area contributed by atoms with Crippen LogP contribution in [0.15, 0.2) is 42.5 Å². The maximum atomic E-state index is 12.3. The van der Waals surface area contributed by atoms with Crippen molar-refractivity contribution in [2.24, 2.45) is 0 Å². The van der Waals surface area contributed by atoms with Gasteiger partial charge in [-0.2, -0.15) is 0 Å². The van der Waals surface area contributed by atoms with Crippen molar-refractivity contribution in [2.75, 3.05) is 18.1 Å². The molecule has 1 aliphatic rings. The number of aryl methyl sites for hydroxylation is 1. The second-order valence-corrected chi connectivity index (χ2v) is 6.07. The van der Waals surface area contributed by atoms with Crippen LogP contribution in [0.3, 0.4) is 0 Å². The van der Waals surface area contributed by atoms with E-state index in [4.69, 9.17) is 9.47 Å². The zero-order valence-corrected chi connectivity index (χ0v) is 14.5. The van der Waals surface area contributed by atoms with Crippen molar-refractivity contribution in [3.05, 3.63) is 59.2 Å². The molecule has 2 aromatic rings. The van der Waals surface area contributed by atoms with E-state index in [2.05, 4.69) is 0 Å². The van der Waals surface area contributed by atoms with Gasteiger partial charge < -0.3 is 14.4 Å². The van der Waals surface area contributed by atoms with Crippen molar-refractivity contribution in [3.8, 4) is 5.75 Å². The van der Waals surface area contributed by atoms with E-state index < -0.39 is 0 Å². The number of carbonyl (C=O) groups is 2. The lowest BCUT2D eigenvalue weighted by Crippen LogP contribution is -2.38. The lowest BCUT2D eigenvalue weighted by molar-refractivity contribution is -0.121. The van der Waals surface area contributed by atoms with Crippen LogP contribution in [-0.4, -0.2) is 25.1 Å². The molecule has 25 heavy (non-hydrogen) atoms. The number of anilines is 1. The Morgan fingerprint density at radius 3 is 2.68 bits per heavy atom. The summed E-state index contributed by atoms with van der Waals surface area (Å²) < 4.78 is 10.6. The van der Waals surface area contributed by atoms with Crippen molar-refractivity contribution < 1.29 is 19.1 Å². The lowest BCUT2D eigenvalue weighted by atomic mass is 10.1. The lowest BCUT2D eigenvalue weighted by Gasteiger charge is -2.29. The van der Waals surface area contributed by atoms with E-state index in [1.807, 2.05) is 44.2 Å². The molecule has 0 unspecified atom stereocenters. The Balaban J connectivity index is 1.77. The third-order valence-electron chi connectivity index (χ3n) is 4.03. The number of rotatable bonds is 5. The Hall–Kier alpha value is -2.82. The zero-order chi connectivity index (χ0) is 17.8. The average molecular weight is 339 g/mol. The average Bonchev–Trinajstić information content (AvgIpc) is 2.62. The Morgan fingerprint density at radius 1 is 1.20 bits per heavy atom. The molecule has 0 spiro atoms. The van der Waals surface area contributed by atoms with Gasteiger partial charge in [0.05, 0.1) is 24.4 Å². The van der Waals surface area contributed by atoms with Gasteiger partial charge in [-0.15, -0.1) is 0 Å². The molecule has 3 rings (SSSR count). The summed E-state index contributed by atoms with van der Waals surface area (Å²) in [6.45, 7) is 4.82. The highest BCUT2D eigenvalue weighted by molar-refractivity contribution is 5.97. The summed E-state index contributed by atoms with van der Waals surface area (Å²) in [5.41, 5.74) is 3.30. The molecule has 0 saturated carbocycles. The van der Waals surface area contributed by atoms with E-state index in [0.717, 1.165) is 23.2 Å². The van der Waals surface area contributed by atoms with Crippen LogP contribution in [-0.2, 0) is 16.1 Å². The maximum Gasteiger partial charge on any atom is 0.338 e. The summed E-state index contributed by atoms with van der Waals surface area (Å²) in [7, 11) is 0. The van der Waals surface area contributed by atoms with Gasteiger partial charge in [0, 0.05) is 0 Å². The van der Waals surface area contributed by atoms with Crippen molar-refractivity contribution >= 4 is 17.6 Å². The fraction of sp³-hybridized carbons (Fsp3) is 0.300. The number of carbonyl (C=O) groups excluding carboxylic acids is 2. The Labute approximate surface area is 147 Å². The molecular weight excluding hydrogens is 318 g/mol. The number of esters is 1. The number of hydrogen-bond acceptors (Lipinski definition) is 4. The predicted octanol–water partition coefficient (Wildman–Crippen LogP) is 3.49. The van der Waals surface area contributed by atoms with Crippen LogP contribution in [0.1, 0.15) is 34.8 Å². The number of nitrogens with zero attached hydrogens (tertiary/aromatic N) is 1. The molecule has 1 amide bonds. The highest BCUT2D eigenvalue weighted by Gasteiger charge is 2.25. The summed E-state index contributed by atoms with van der Waals surface area (Å²) in [4.78, 5) is 25.9. The Kier molecular flexibility index (Phi) is 5.03. The van der Waals surface area contributed by atoms with Crippen molar-refractivity contribution in [2.45, 2.75) is 26.8 Å². The van der Waals surface area contributed by atoms with Gasteiger partial charge in [-0.3, -0.25) is 4.79 Å². The molecule has 1 heterocycles. The van der Waals surface area contributed by atoms with Gasteiger partial charge in [-0.1, -0.05) is 25.1 Å². The standard InChI is InChI=1S/C20H21NO4/c1-3-10-24-20(23)16-7-5-15(6-8-16)12-21-17-11-14(2)4-9-18(17)25-13-19(21)22/h4-9,11H,3,10,12-13H2,1-2H3. The largest absolute Gasteiger partial charge is 0.482 e. The molecule has 5 nitrogen and oxygen atoms in total. The SMILES string of the molecule is CCCOC(=O)c1ccc(CN2C(=O)COc3ccc(C)cc32)cc1. The van der Waals surface area contributed by atoms with Crippen LogP contribution in [0.4, 0.5) is 5.69 Å². The fourth-order valence-electron chi connectivity index (χ4n) is 2.69. The maximum absolute atomic E-state index is 12.3. The first-order valence-corrected chi connectivity index (χ1v) is 8.38. The topological polar surface area (TPSA) is 55.8 Å². The fourth-order valence-corrected chi connectivity index (χ4v) is 2.69. The number of amides is 1. The smallest absolute Gasteiger partial charge is 0.338 e. The highest BCUT2D eigenvalue weighted by Crippen LogP contribution is 2.33. The van der Waals surface area contributed by atoms with Gasteiger partial charge in [0.1, 0.15) is 5.75 Å². The van der Waals surface area contributed by atoms with Gasteiger partial charge >= 0.3 is 5.97 Å². The van der Waals surface area contributed by atoms with E-state index in [-0.39, 0.29) is 18.5 Å². The van der Waals surface area contributed by atoms with E-state index >= 15 is 0 Å². The minimum absolute atomic E-state index is 0.0392. The molecular formula is C20H21NO4. The van der Waals surface area contributed by atoms with Crippen LogP contribution < -0.4 is 9.64 Å². The van der Waals surface area contributed by atoms with Crippen LogP contribution in [0.2, 0.25) is 0 Å². The van der Waals surface area contributed by atoms with E-state index in [0.29, 0.717) is 24.5 Å². The molecule has 0 bridgehead atoms. The molecule has 0 radical (unpaired) electrons. The van der Waals surface area contributed by atoms with E-state index in [1.165, 1.54) is 0 Å². The van der Waals surface area contributed by atoms with Gasteiger partial charge in [0.25, 0.3) is 5.91 Å². The molecule has 130 valence electrons. The molecule has 2 aromatic carbocycles. The molecule has 5 heteroatoms. The number of hydrogen-bond donors (Lipinski definition) is 0. The summed E-state index contributed by atoms with van der Waals surface area (Å²) in [5.74, 6) is 0.311. The number of fused-ring (bicyclic) bond motifs is 1. The van der Waals surface area contributed by atoms with Gasteiger partial charge in [0.2, 0.25) is 0 Å². The Bertz CT molecular complexity index is 783. The second-order valence-electron chi connectivity index (χ2n) is 6.07. The zero-order valence-electron chi connectivity index (χ0n) is 14.5. The summed E-state index contributed by atoms with van der Waals surface area (Å²) in [5, 5.41) is 0. The van der Waals surface area contributed by atoms with Crippen LogP contribution in [0.5, 0.6) is 5.75 Å². The number of benzene rings is 2. The van der Waals surface area contributed by atoms with Gasteiger partial charge in [-0.25, -0.2) is 4.79 Å². The summed E-state index contributed by atoms with van der Waals surface area (Å²) in [6.07, 6.45) is 0.793. The first-order chi connectivity index (χ1) is 12.1. The number of ether oxygens (including phenoxy) is 2. The monoisotopic (exact) mass is 339 g/mol. The summed E-state index contributed by atoms with van der Waals surface area (Å²) >= 11 is 0. The van der Waals surface area contributed by atoms with Crippen molar-refractivity contribution in [1.29, 1.82) is 0 Å². The van der Waals surface area contributed by atoms with Gasteiger partial charge in [-0.05, 0) is 48.7 Å². The molecule has 0 fully saturated rings. The third-order valence-corrected chi connectivity index (χ3v) is 4.03. The molecule has 0 N–H and O–H groups in total. The molecule has 0 saturated heterocycles. The Morgan fingerprint density at radius 2 is 1.96 bits per heavy atom. The quantitative estimate of drug-likeness (QED) is 0.783. The first-order valence-electron chi connectivity index (χ1n) is 8.38. The minimum Gasteiger partial charge on any atom is -0.482 e. The first kappa shape index (κ1) is 17.0. The van der Waals surface area contributed by atoms with Crippen LogP contribution >= 0.6 is 0 Å². The van der Waals surface area contributed by atoms with Gasteiger partial charge in [0.15, 0.2) is 6.61 Å². The van der Waals surface area contributed by atoms with Crippen LogP contribution in [0, 0.1) is 6.92 Å². The van der Waals surface area contributed by atoms with E-state index in [1.54, 1.807) is 17.0 Å². The third kappa shape index (κ3) is 3.82. The predicted molar refractivity (Wildman–Crippen MR) is 94.9 cm³/mol. The second kappa shape index (κ2) is 7.38. The van der Waals surface area contributed by atoms with E-state index in [9.17, 15) is 9.59 Å². The van der Waals surface area contributed by atoms with Crippen molar-refractivity contribution in [3.63, 3.8) is 0 Å². The molecule has 0 aliphatic carbocycles. The molecule has 0 atom stereocenters. The summed E-state index contributed by atoms with van der Waals surface area (Å²) in [6, 6.07) is 13.0. The molecule has 0 aromatic heterocycles. The molecule has 1 aliphatic heterocycles. The minimum atomic E-state index is -0.322.